The largest absolute Gasteiger partial charge is 0.379 e. The highest BCUT2D eigenvalue weighted by Crippen LogP contribution is 2.27. The molecule has 1 N–H and O–H groups in total. The van der Waals surface area contributed by atoms with Crippen molar-refractivity contribution in [1.29, 1.82) is 0 Å². The van der Waals surface area contributed by atoms with Gasteiger partial charge in [0.25, 0.3) is 16.1 Å². The van der Waals surface area contributed by atoms with Gasteiger partial charge in [0.15, 0.2) is 5.69 Å². The van der Waals surface area contributed by atoms with E-state index in [2.05, 4.69) is 15.6 Å². The van der Waals surface area contributed by atoms with Gasteiger partial charge in [0.1, 0.15) is 6.17 Å². The third-order valence-corrected chi connectivity index (χ3v) is 6.55. The first-order valence-electron chi connectivity index (χ1n) is 8.97. The van der Waals surface area contributed by atoms with Gasteiger partial charge in [-0.2, -0.15) is 17.0 Å². The first kappa shape index (κ1) is 20.1. The van der Waals surface area contributed by atoms with Crippen LogP contribution in [0.4, 0.5) is 4.39 Å². The lowest BCUT2D eigenvalue weighted by Gasteiger charge is -2.32. The maximum absolute atomic E-state index is 14.0. The third-order valence-electron chi connectivity index (χ3n) is 4.49. The van der Waals surface area contributed by atoms with Gasteiger partial charge in [-0.1, -0.05) is 5.21 Å². The van der Waals surface area contributed by atoms with Crippen molar-refractivity contribution in [2.24, 2.45) is 0 Å². The number of hydrogen-bond acceptors (Lipinski definition) is 6. The Labute approximate surface area is 157 Å². The second-order valence-electron chi connectivity index (χ2n) is 7.03. The molecule has 27 heavy (non-hydrogen) atoms. The fraction of sp³-hybridized carbons (Fsp3) is 0.800. The Balaban J connectivity index is 1.71. The average molecular weight is 404 g/mol. The highest BCUT2D eigenvalue weighted by Gasteiger charge is 2.43. The molecule has 0 radical (unpaired) electrons. The first-order chi connectivity index (χ1) is 12.8. The summed E-state index contributed by atoms with van der Waals surface area (Å²) < 4.78 is 48.9. The van der Waals surface area contributed by atoms with Gasteiger partial charge in [-0.15, -0.1) is 5.10 Å². The smallest absolute Gasteiger partial charge is 0.282 e. The Morgan fingerprint density at radius 3 is 2.78 bits per heavy atom. The normalized spacial score (nSPS) is 25.2. The number of morpholine rings is 1. The highest BCUT2D eigenvalue weighted by molar-refractivity contribution is 7.86. The lowest BCUT2D eigenvalue weighted by atomic mass is 10.2. The van der Waals surface area contributed by atoms with Gasteiger partial charge in [0.2, 0.25) is 0 Å². The maximum Gasteiger partial charge on any atom is 0.282 e. The molecule has 3 heterocycles. The molecule has 0 spiro atoms. The molecule has 0 saturated carbocycles. The number of ether oxygens (including phenoxy) is 1. The van der Waals surface area contributed by atoms with Crippen LogP contribution in [0.1, 0.15) is 30.8 Å². The topological polar surface area (TPSA) is 110 Å². The highest BCUT2D eigenvalue weighted by atomic mass is 32.2. The van der Waals surface area contributed by atoms with Gasteiger partial charge in [0.05, 0.1) is 26.0 Å². The Kier molecular flexibility index (Phi) is 6.08. The third kappa shape index (κ3) is 4.62. The standard InChI is InChI=1S/C15H25FN6O4S/c1-11(2)17-15(23)14-10-20(19-18-14)9-13-7-12(16)8-22(13)27(24,25)21-3-5-26-6-4-21/h10-13H,3-9H2,1-2H3,(H,17,23)/t12-,13-/m0/s1. The molecule has 0 aromatic carbocycles. The van der Waals surface area contributed by atoms with E-state index in [0.29, 0.717) is 13.2 Å². The number of rotatable bonds is 6. The molecule has 1 aromatic rings. The summed E-state index contributed by atoms with van der Waals surface area (Å²) in [6.07, 6.45) is 0.290. The summed E-state index contributed by atoms with van der Waals surface area (Å²) in [6, 6.07) is -0.630. The van der Waals surface area contributed by atoms with E-state index >= 15 is 0 Å². The summed E-state index contributed by atoms with van der Waals surface area (Å²) in [5.74, 6) is -0.358. The number of halogens is 1. The van der Waals surface area contributed by atoms with Crippen molar-refractivity contribution in [1.82, 2.24) is 28.9 Å². The lowest BCUT2D eigenvalue weighted by molar-refractivity contribution is 0.0696. The molecule has 2 saturated heterocycles. The first-order valence-corrected chi connectivity index (χ1v) is 10.4. The number of carbonyl (C=O) groups excluding carboxylic acids is 1. The Morgan fingerprint density at radius 2 is 2.11 bits per heavy atom. The van der Waals surface area contributed by atoms with Gasteiger partial charge in [-0.05, 0) is 20.3 Å². The van der Waals surface area contributed by atoms with Crippen LogP contribution in [0, 0.1) is 0 Å². The number of nitrogens with one attached hydrogen (secondary N) is 1. The fourth-order valence-corrected chi connectivity index (χ4v) is 5.04. The van der Waals surface area contributed by atoms with Crippen molar-refractivity contribution >= 4 is 16.1 Å². The van der Waals surface area contributed by atoms with Crippen molar-refractivity contribution in [3.05, 3.63) is 11.9 Å². The van der Waals surface area contributed by atoms with Crippen LogP contribution in [0.2, 0.25) is 0 Å². The van der Waals surface area contributed by atoms with Crippen molar-refractivity contribution in [2.75, 3.05) is 32.8 Å². The van der Waals surface area contributed by atoms with E-state index in [0.717, 1.165) is 0 Å². The van der Waals surface area contributed by atoms with Crippen LogP contribution < -0.4 is 5.32 Å². The van der Waals surface area contributed by atoms with Crippen LogP contribution in [0.15, 0.2) is 6.20 Å². The SMILES string of the molecule is CC(C)NC(=O)c1cn(C[C@@H]2C[C@H](F)CN2S(=O)(=O)N2CCOCC2)nn1. The molecule has 3 rings (SSSR count). The molecule has 2 atom stereocenters. The Bertz CT molecular complexity index is 764. The second kappa shape index (κ2) is 8.17. The van der Waals surface area contributed by atoms with Crippen molar-refractivity contribution < 1.29 is 22.3 Å². The number of amides is 1. The summed E-state index contributed by atoms with van der Waals surface area (Å²) in [6.45, 7) is 4.78. The van der Waals surface area contributed by atoms with Crippen molar-refractivity contribution in [2.45, 2.75) is 45.1 Å². The van der Waals surface area contributed by atoms with Crippen molar-refractivity contribution in [3.63, 3.8) is 0 Å². The lowest BCUT2D eigenvalue weighted by Crippen LogP contribution is -2.50. The van der Waals surface area contributed by atoms with Crippen molar-refractivity contribution in [3.8, 4) is 0 Å². The molecule has 10 nitrogen and oxygen atoms in total. The Morgan fingerprint density at radius 1 is 1.41 bits per heavy atom. The number of carbonyl (C=O) groups is 1. The molecule has 12 heteroatoms. The molecule has 0 bridgehead atoms. The molecular weight excluding hydrogens is 379 g/mol. The molecule has 152 valence electrons. The molecule has 0 aliphatic carbocycles. The second-order valence-corrected chi connectivity index (χ2v) is 8.91. The minimum atomic E-state index is -3.78. The van der Waals surface area contributed by atoms with Crippen LogP contribution in [0.5, 0.6) is 0 Å². The van der Waals surface area contributed by atoms with Crippen LogP contribution in [0.3, 0.4) is 0 Å². The molecule has 0 unspecified atom stereocenters. The fourth-order valence-electron chi connectivity index (χ4n) is 3.25. The number of aromatic nitrogens is 3. The van der Waals surface area contributed by atoms with Gasteiger partial charge in [-0.3, -0.25) is 9.48 Å². The quantitative estimate of drug-likeness (QED) is 0.678. The summed E-state index contributed by atoms with van der Waals surface area (Å²) in [7, 11) is -3.78. The average Bonchev–Trinajstić information content (AvgIpc) is 3.22. The summed E-state index contributed by atoms with van der Waals surface area (Å²) >= 11 is 0. The van der Waals surface area contributed by atoms with Gasteiger partial charge in [-0.25, -0.2) is 4.39 Å². The molecule has 1 amide bonds. The number of nitrogens with zero attached hydrogens (tertiary/aromatic N) is 5. The van der Waals surface area contributed by atoms with E-state index in [1.54, 1.807) is 0 Å². The van der Waals surface area contributed by atoms with Gasteiger partial charge in [0, 0.05) is 31.7 Å². The minimum absolute atomic E-state index is 0.0427. The van der Waals surface area contributed by atoms with E-state index < -0.39 is 22.4 Å². The van der Waals surface area contributed by atoms with E-state index in [-0.39, 0.29) is 50.2 Å². The molecule has 2 aliphatic rings. The zero-order chi connectivity index (χ0) is 19.6. The monoisotopic (exact) mass is 404 g/mol. The number of hydrogen-bond donors (Lipinski definition) is 1. The zero-order valence-electron chi connectivity index (χ0n) is 15.4. The van der Waals surface area contributed by atoms with Gasteiger partial charge >= 0.3 is 0 Å². The number of alkyl halides is 1. The van der Waals surface area contributed by atoms with E-state index in [1.807, 2.05) is 13.8 Å². The molecule has 2 aliphatic heterocycles. The minimum Gasteiger partial charge on any atom is -0.379 e. The molecular formula is C15H25FN6O4S. The van der Waals surface area contributed by atoms with E-state index in [1.165, 1.54) is 19.5 Å². The van der Waals surface area contributed by atoms with Crippen LogP contribution in [-0.2, 0) is 21.5 Å². The molecule has 2 fully saturated rings. The maximum atomic E-state index is 14.0. The van der Waals surface area contributed by atoms with E-state index in [9.17, 15) is 17.6 Å². The van der Waals surface area contributed by atoms with E-state index in [4.69, 9.17) is 4.74 Å². The Hall–Kier alpha value is -1.63. The van der Waals surface area contributed by atoms with Crippen LogP contribution in [-0.4, -0.2) is 89.0 Å². The zero-order valence-corrected chi connectivity index (χ0v) is 16.2. The predicted molar refractivity (Wildman–Crippen MR) is 93.9 cm³/mol. The summed E-state index contributed by atoms with van der Waals surface area (Å²) in [5.41, 5.74) is 0.140. The van der Waals surface area contributed by atoms with Crippen LogP contribution >= 0.6 is 0 Å². The van der Waals surface area contributed by atoms with Crippen LogP contribution in [0.25, 0.3) is 0 Å². The summed E-state index contributed by atoms with van der Waals surface area (Å²) in [5, 5.41) is 10.4. The van der Waals surface area contributed by atoms with Gasteiger partial charge < -0.3 is 10.1 Å². The predicted octanol–water partition coefficient (Wildman–Crippen LogP) is -0.594. The molecule has 1 aromatic heterocycles. The summed E-state index contributed by atoms with van der Waals surface area (Å²) in [4.78, 5) is 12.0.